The molecule has 0 aliphatic carbocycles. The summed E-state index contributed by atoms with van der Waals surface area (Å²) in [6, 6.07) is 0. The summed E-state index contributed by atoms with van der Waals surface area (Å²) in [7, 11) is 0. The molecular formula is C8H16N4OS. The molecule has 0 aromatic carbocycles. The van der Waals surface area contributed by atoms with Gasteiger partial charge in [0.25, 0.3) is 5.91 Å². The molecule has 1 heterocycles. The van der Waals surface area contributed by atoms with Crippen molar-refractivity contribution >= 4 is 18.5 Å². The van der Waals surface area contributed by atoms with Crippen LogP contribution in [0.25, 0.3) is 0 Å². The van der Waals surface area contributed by atoms with Gasteiger partial charge in [-0.2, -0.15) is 0 Å². The van der Waals surface area contributed by atoms with E-state index in [1.807, 2.05) is 0 Å². The minimum atomic E-state index is -0.391. The summed E-state index contributed by atoms with van der Waals surface area (Å²) >= 11 is 4.21. The predicted octanol–water partition coefficient (Wildman–Crippen LogP) is -0.626. The zero-order valence-corrected chi connectivity index (χ0v) is 9.21. The van der Waals surface area contributed by atoms with Crippen LogP contribution >= 0.6 is 12.6 Å². The highest BCUT2D eigenvalue weighted by Crippen LogP contribution is 2.15. The molecule has 5 nitrogen and oxygen atoms in total. The van der Waals surface area contributed by atoms with Gasteiger partial charge < -0.3 is 21.7 Å². The van der Waals surface area contributed by atoms with Crippen molar-refractivity contribution in [3.8, 4) is 0 Å². The molecule has 0 radical (unpaired) electrons. The number of thiol groups is 1. The van der Waals surface area contributed by atoms with E-state index in [0.717, 1.165) is 0 Å². The maximum atomic E-state index is 11.2. The van der Waals surface area contributed by atoms with Crippen molar-refractivity contribution in [3.63, 3.8) is 0 Å². The Bertz CT molecular complexity index is 277. The van der Waals surface area contributed by atoms with Crippen LogP contribution in [0.2, 0.25) is 0 Å². The van der Waals surface area contributed by atoms with Crippen molar-refractivity contribution in [2.24, 2.45) is 17.4 Å². The summed E-state index contributed by atoms with van der Waals surface area (Å²) in [5, 5.41) is 2.60. The molecule has 80 valence electrons. The molecule has 1 aliphatic rings. The first-order valence-corrected chi connectivity index (χ1v) is 4.96. The number of hydrogen-bond acceptors (Lipinski definition) is 5. The van der Waals surface area contributed by atoms with Crippen LogP contribution in [-0.4, -0.2) is 22.8 Å². The van der Waals surface area contributed by atoms with Gasteiger partial charge in [-0.25, -0.2) is 0 Å². The molecule has 6 heteroatoms. The van der Waals surface area contributed by atoms with E-state index in [-0.39, 0.29) is 11.6 Å². The van der Waals surface area contributed by atoms with Crippen LogP contribution in [0.5, 0.6) is 0 Å². The fourth-order valence-corrected chi connectivity index (χ4v) is 1.60. The Hall–Kier alpha value is -1.04. The van der Waals surface area contributed by atoms with Crippen LogP contribution in [0.15, 0.2) is 11.5 Å². The number of nitrogens with two attached hydrogens (primary N) is 2. The van der Waals surface area contributed by atoms with E-state index in [1.54, 1.807) is 4.90 Å². The standard InChI is InChI=1S/C8H16N4OS/c1-4(2)3-12-6(10)5(9)7(13)11-8(12)14/h4,8,14H,3,9-10H2,1-2H3,(H,11,13). The summed E-state index contributed by atoms with van der Waals surface area (Å²) in [4.78, 5) is 13.0. The van der Waals surface area contributed by atoms with E-state index in [2.05, 4.69) is 31.8 Å². The highest BCUT2D eigenvalue weighted by Gasteiger charge is 2.28. The third kappa shape index (κ3) is 2.06. The quantitative estimate of drug-likeness (QED) is 0.463. The largest absolute Gasteiger partial charge is 0.391 e. The SMILES string of the molecule is CC(C)CN1C(N)=C(N)C(=O)NC1S. The van der Waals surface area contributed by atoms with Crippen LogP contribution in [0.4, 0.5) is 0 Å². The second-order valence-electron chi connectivity index (χ2n) is 3.69. The average molecular weight is 216 g/mol. The van der Waals surface area contributed by atoms with E-state index in [4.69, 9.17) is 11.5 Å². The fraction of sp³-hybridized carbons (Fsp3) is 0.625. The van der Waals surface area contributed by atoms with Gasteiger partial charge in [0.05, 0.1) is 0 Å². The minimum Gasteiger partial charge on any atom is -0.391 e. The number of carbonyl (C=O) groups is 1. The zero-order valence-electron chi connectivity index (χ0n) is 8.32. The van der Waals surface area contributed by atoms with Crippen LogP contribution in [0, 0.1) is 5.92 Å². The van der Waals surface area contributed by atoms with Crippen LogP contribution < -0.4 is 16.8 Å². The summed E-state index contributed by atoms with van der Waals surface area (Å²) < 4.78 is 0. The van der Waals surface area contributed by atoms with Gasteiger partial charge in [0.2, 0.25) is 0 Å². The maximum Gasteiger partial charge on any atom is 0.273 e. The molecule has 14 heavy (non-hydrogen) atoms. The molecule has 1 amide bonds. The van der Waals surface area contributed by atoms with E-state index in [1.165, 1.54) is 0 Å². The Morgan fingerprint density at radius 1 is 1.57 bits per heavy atom. The molecule has 1 aliphatic heterocycles. The Morgan fingerprint density at radius 2 is 2.14 bits per heavy atom. The number of rotatable bonds is 2. The number of amides is 1. The molecule has 1 rings (SSSR count). The van der Waals surface area contributed by atoms with Crippen molar-refractivity contribution in [3.05, 3.63) is 11.5 Å². The molecule has 0 fully saturated rings. The average Bonchev–Trinajstić information content (AvgIpc) is 2.09. The number of nitrogens with zero attached hydrogens (tertiary/aromatic N) is 1. The smallest absolute Gasteiger partial charge is 0.273 e. The number of hydrogen-bond donors (Lipinski definition) is 4. The molecule has 0 aromatic rings. The maximum absolute atomic E-state index is 11.2. The Morgan fingerprint density at radius 3 is 2.64 bits per heavy atom. The fourth-order valence-electron chi connectivity index (χ4n) is 1.27. The molecule has 5 N–H and O–H groups in total. The second-order valence-corrected chi connectivity index (χ2v) is 4.18. The predicted molar refractivity (Wildman–Crippen MR) is 57.9 cm³/mol. The Kier molecular flexibility index (Phi) is 3.15. The van der Waals surface area contributed by atoms with Gasteiger partial charge in [-0.3, -0.25) is 4.79 Å². The normalized spacial score (nSPS) is 23.0. The number of nitrogens with one attached hydrogen (secondary N) is 1. The van der Waals surface area contributed by atoms with E-state index < -0.39 is 5.50 Å². The van der Waals surface area contributed by atoms with Crippen molar-refractivity contribution in [2.45, 2.75) is 19.3 Å². The monoisotopic (exact) mass is 216 g/mol. The minimum absolute atomic E-state index is 0.0657. The van der Waals surface area contributed by atoms with Gasteiger partial charge in [-0.05, 0) is 5.92 Å². The lowest BCUT2D eigenvalue weighted by Crippen LogP contribution is -2.54. The lowest BCUT2D eigenvalue weighted by Gasteiger charge is -2.36. The topological polar surface area (TPSA) is 84.4 Å². The van der Waals surface area contributed by atoms with Crippen molar-refractivity contribution in [2.75, 3.05) is 6.54 Å². The molecular weight excluding hydrogens is 200 g/mol. The highest BCUT2D eigenvalue weighted by atomic mass is 32.1. The second kappa shape index (κ2) is 4.00. The third-order valence-electron chi connectivity index (χ3n) is 1.95. The van der Waals surface area contributed by atoms with Gasteiger partial charge in [-0.15, -0.1) is 12.6 Å². The van der Waals surface area contributed by atoms with Gasteiger partial charge in [0.1, 0.15) is 17.0 Å². The van der Waals surface area contributed by atoms with Gasteiger partial charge in [0, 0.05) is 6.54 Å². The van der Waals surface area contributed by atoms with E-state index in [0.29, 0.717) is 18.3 Å². The third-order valence-corrected chi connectivity index (χ3v) is 2.36. The molecule has 0 saturated carbocycles. The van der Waals surface area contributed by atoms with Crippen molar-refractivity contribution in [1.29, 1.82) is 0 Å². The van der Waals surface area contributed by atoms with Crippen LogP contribution in [0.1, 0.15) is 13.8 Å². The first-order valence-electron chi connectivity index (χ1n) is 4.44. The van der Waals surface area contributed by atoms with Crippen molar-refractivity contribution < 1.29 is 4.79 Å². The van der Waals surface area contributed by atoms with Gasteiger partial charge >= 0.3 is 0 Å². The lowest BCUT2D eigenvalue weighted by atomic mass is 10.2. The summed E-state index contributed by atoms with van der Waals surface area (Å²) in [6.07, 6.45) is 0. The van der Waals surface area contributed by atoms with E-state index in [9.17, 15) is 4.79 Å². The Balaban J connectivity index is 2.88. The molecule has 0 aromatic heterocycles. The molecule has 0 spiro atoms. The molecule has 1 unspecified atom stereocenters. The van der Waals surface area contributed by atoms with Crippen LogP contribution in [0.3, 0.4) is 0 Å². The van der Waals surface area contributed by atoms with Gasteiger partial charge in [-0.1, -0.05) is 13.8 Å². The summed E-state index contributed by atoms with van der Waals surface area (Å²) in [5.41, 5.74) is 10.9. The first kappa shape index (κ1) is 11.0. The summed E-state index contributed by atoms with van der Waals surface area (Å²) in [6.45, 7) is 4.82. The first-order chi connectivity index (χ1) is 6.43. The Labute approximate surface area is 88.9 Å². The molecule has 1 atom stereocenters. The lowest BCUT2D eigenvalue weighted by molar-refractivity contribution is -0.119. The zero-order chi connectivity index (χ0) is 10.9. The highest BCUT2D eigenvalue weighted by molar-refractivity contribution is 7.80. The molecule has 0 bridgehead atoms. The van der Waals surface area contributed by atoms with E-state index >= 15 is 0 Å². The summed E-state index contributed by atoms with van der Waals surface area (Å²) in [5.74, 6) is 0.371. The van der Waals surface area contributed by atoms with Crippen molar-refractivity contribution in [1.82, 2.24) is 10.2 Å². The molecule has 0 saturated heterocycles. The van der Waals surface area contributed by atoms with Gasteiger partial charge in [0.15, 0.2) is 0 Å². The number of carbonyl (C=O) groups excluding carboxylic acids is 1. The van der Waals surface area contributed by atoms with Crippen LogP contribution in [-0.2, 0) is 4.79 Å².